The quantitative estimate of drug-likeness (QED) is 0.870. The van der Waals surface area contributed by atoms with Crippen LogP contribution in [0.3, 0.4) is 0 Å². The molecule has 0 amide bonds. The van der Waals surface area contributed by atoms with Gasteiger partial charge < -0.3 is 10.4 Å². The highest BCUT2D eigenvalue weighted by molar-refractivity contribution is 7.10. The molecule has 0 saturated heterocycles. The van der Waals surface area contributed by atoms with Crippen LogP contribution < -0.4 is 5.32 Å². The van der Waals surface area contributed by atoms with E-state index in [1.807, 2.05) is 24.4 Å². The first-order valence-corrected chi connectivity index (χ1v) is 5.92. The molecule has 5 nitrogen and oxygen atoms in total. The SMILES string of the molecule is CC(Nc1ccc(C(=O)O)nn1)c1cccs1. The van der Waals surface area contributed by atoms with Crippen LogP contribution in [0.1, 0.15) is 28.3 Å². The third kappa shape index (κ3) is 2.79. The number of thiophene rings is 1. The fraction of sp³-hybridized carbons (Fsp3) is 0.182. The van der Waals surface area contributed by atoms with Crippen LogP contribution in [0.25, 0.3) is 0 Å². The Bertz CT molecular complexity index is 496. The van der Waals surface area contributed by atoms with Crippen LogP contribution in [-0.4, -0.2) is 21.3 Å². The van der Waals surface area contributed by atoms with E-state index >= 15 is 0 Å². The summed E-state index contributed by atoms with van der Waals surface area (Å²) in [5, 5.41) is 21.3. The number of carbonyl (C=O) groups is 1. The minimum atomic E-state index is -1.07. The molecule has 0 aliphatic carbocycles. The first-order chi connectivity index (χ1) is 8.16. The summed E-state index contributed by atoms with van der Waals surface area (Å²) in [4.78, 5) is 11.8. The number of hydrogen-bond donors (Lipinski definition) is 2. The lowest BCUT2D eigenvalue weighted by molar-refractivity contribution is 0.0689. The van der Waals surface area contributed by atoms with Crippen molar-refractivity contribution in [3.8, 4) is 0 Å². The van der Waals surface area contributed by atoms with Crippen LogP contribution >= 0.6 is 11.3 Å². The molecule has 0 spiro atoms. The number of carboxylic acids is 1. The van der Waals surface area contributed by atoms with Crippen molar-refractivity contribution in [2.24, 2.45) is 0 Å². The number of anilines is 1. The van der Waals surface area contributed by atoms with Crippen LogP contribution in [0.5, 0.6) is 0 Å². The molecule has 2 aromatic rings. The van der Waals surface area contributed by atoms with E-state index in [-0.39, 0.29) is 11.7 Å². The van der Waals surface area contributed by atoms with Crippen molar-refractivity contribution in [2.75, 3.05) is 5.32 Å². The van der Waals surface area contributed by atoms with Crippen molar-refractivity contribution in [3.05, 3.63) is 40.2 Å². The lowest BCUT2D eigenvalue weighted by atomic mass is 10.3. The van der Waals surface area contributed by atoms with Gasteiger partial charge in [-0.3, -0.25) is 0 Å². The summed E-state index contributed by atoms with van der Waals surface area (Å²) in [5.74, 6) is -0.508. The van der Waals surface area contributed by atoms with Gasteiger partial charge in [-0.05, 0) is 30.5 Å². The monoisotopic (exact) mass is 249 g/mol. The van der Waals surface area contributed by atoms with Gasteiger partial charge in [-0.2, -0.15) is 0 Å². The molecule has 0 fully saturated rings. The number of aromatic carboxylic acids is 1. The molecule has 0 bridgehead atoms. The van der Waals surface area contributed by atoms with Gasteiger partial charge in [0.1, 0.15) is 5.82 Å². The minimum Gasteiger partial charge on any atom is -0.476 e. The Morgan fingerprint density at radius 2 is 2.24 bits per heavy atom. The average Bonchev–Trinajstić information content (AvgIpc) is 2.83. The maximum atomic E-state index is 10.6. The lowest BCUT2D eigenvalue weighted by Gasteiger charge is -2.11. The van der Waals surface area contributed by atoms with Gasteiger partial charge >= 0.3 is 5.97 Å². The molecule has 2 aromatic heterocycles. The van der Waals surface area contributed by atoms with Gasteiger partial charge in [0.2, 0.25) is 0 Å². The fourth-order valence-electron chi connectivity index (χ4n) is 1.35. The highest BCUT2D eigenvalue weighted by Crippen LogP contribution is 2.21. The highest BCUT2D eigenvalue weighted by Gasteiger charge is 2.09. The van der Waals surface area contributed by atoms with Crippen LogP contribution in [0.15, 0.2) is 29.6 Å². The summed E-state index contributed by atoms with van der Waals surface area (Å²) in [6, 6.07) is 7.18. The predicted molar refractivity (Wildman–Crippen MR) is 65.3 cm³/mol. The zero-order valence-corrected chi connectivity index (χ0v) is 9.94. The number of aromatic nitrogens is 2. The van der Waals surface area contributed by atoms with Gasteiger partial charge in [0, 0.05) is 4.88 Å². The molecular formula is C11H11N3O2S. The zero-order valence-electron chi connectivity index (χ0n) is 9.12. The second-order valence-corrected chi connectivity index (χ2v) is 4.47. The van der Waals surface area contributed by atoms with Crippen molar-refractivity contribution < 1.29 is 9.90 Å². The van der Waals surface area contributed by atoms with E-state index < -0.39 is 5.97 Å². The van der Waals surface area contributed by atoms with Crippen LogP contribution in [0, 0.1) is 0 Å². The van der Waals surface area contributed by atoms with Crippen molar-refractivity contribution in [1.29, 1.82) is 0 Å². The summed E-state index contributed by atoms with van der Waals surface area (Å²) in [6.45, 7) is 2.01. The van der Waals surface area contributed by atoms with Gasteiger partial charge in [-0.1, -0.05) is 6.07 Å². The Hall–Kier alpha value is -1.95. The van der Waals surface area contributed by atoms with Gasteiger partial charge in [0.05, 0.1) is 6.04 Å². The highest BCUT2D eigenvalue weighted by atomic mass is 32.1. The van der Waals surface area contributed by atoms with E-state index in [1.54, 1.807) is 17.4 Å². The average molecular weight is 249 g/mol. The summed E-state index contributed by atoms with van der Waals surface area (Å²) >= 11 is 1.65. The standard InChI is InChI=1S/C11H11N3O2S/c1-7(9-3-2-6-17-9)12-10-5-4-8(11(15)16)13-14-10/h2-7H,1H3,(H,12,14)(H,15,16). The van der Waals surface area contributed by atoms with Gasteiger partial charge in [-0.25, -0.2) is 4.79 Å². The van der Waals surface area contributed by atoms with Gasteiger partial charge in [0.15, 0.2) is 5.69 Å². The first-order valence-electron chi connectivity index (χ1n) is 5.04. The van der Waals surface area contributed by atoms with E-state index in [0.717, 1.165) is 0 Å². The van der Waals surface area contributed by atoms with Crippen molar-refractivity contribution in [1.82, 2.24) is 10.2 Å². The fourth-order valence-corrected chi connectivity index (χ4v) is 2.09. The summed E-state index contributed by atoms with van der Waals surface area (Å²) in [5.41, 5.74) is -0.0562. The van der Waals surface area contributed by atoms with Crippen LogP contribution in [0.2, 0.25) is 0 Å². The number of nitrogens with one attached hydrogen (secondary N) is 1. The number of hydrogen-bond acceptors (Lipinski definition) is 5. The molecular weight excluding hydrogens is 238 g/mol. The molecule has 1 unspecified atom stereocenters. The number of rotatable bonds is 4. The third-order valence-electron chi connectivity index (χ3n) is 2.22. The topological polar surface area (TPSA) is 75.1 Å². The van der Waals surface area contributed by atoms with Crippen molar-refractivity contribution in [3.63, 3.8) is 0 Å². The molecule has 0 aliphatic rings. The van der Waals surface area contributed by atoms with Crippen molar-refractivity contribution >= 4 is 23.1 Å². The van der Waals surface area contributed by atoms with E-state index in [4.69, 9.17) is 5.11 Å². The Labute approximate surface area is 102 Å². The van der Waals surface area contributed by atoms with Crippen molar-refractivity contribution in [2.45, 2.75) is 13.0 Å². The molecule has 2 rings (SSSR count). The van der Waals surface area contributed by atoms with Crippen LogP contribution in [0.4, 0.5) is 5.82 Å². The Morgan fingerprint density at radius 3 is 2.76 bits per heavy atom. The molecule has 0 saturated carbocycles. The van der Waals surface area contributed by atoms with Gasteiger partial charge in [-0.15, -0.1) is 21.5 Å². The molecule has 2 N–H and O–H groups in total. The van der Waals surface area contributed by atoms with E-state index in [0.29, 0.717) is 5.82 Å². The Balaban J connectivity index is 2.06. The number of carboxylic acid groups (broad SMARTS) is 1. The second-order valence-electron chi connectivity index (χ2n) is 3.49. The number of nitrogens with zero attached hydrogens (tertiary/aromatic N) is 2. The molecule has 88 valence electrons. The van der Waals surface area contributed by atoms with E-state index in [9.17, 15) is 4.79 Å². The minimum absolute atomic E-state index is 0.0562. The third-order valence-corrected chi connectivity index (χ3v) is 3.27. The summed E-state index contributed by atoms with van der Waals surface area (Å²) < 4.78 is 0. The molecule has 0 aromatic carbocycles. The summed E-state index contributed by atoms with van der Waals surface area (Å²) in [7, 11) is 0. The molecule has 1 atom stereocenters. The summed E-state index contributed by atoms with van der Waals surface area (Å²) in [6.07, 6.45) is 0. The molecule has 0 aliphatic heterocycles. The maximum Gasteiger partial charge on any atom is 0.356 e. The molecule has 2 heterocycles. The second kappa shape index (κ2) is 4.92. The molecule has 0 radical (unpaired) electrons. The zero-order chi connectivity index (χ0) is 12.3. The van der Waals surface area contributed by atoms with Crippen LogP contribution in [-0.2, 0) is 0 Å². The molecule has 6 heteroatoms. The Morgan fingerprint density at radius 1 is 1.41 bits per heavy atom. The normalized spacial score (nSPS) is 12.1. The lowest BCUT2D eigenvalue weighted by Crippen LogP contribution is -2.09. The first kappa shape index (κ1) is 11.5. The maximum absolute atomic E-state index is 10.6. The predicted octanol–water partition coefficient (Wildman–Crippen LogP) is 2.41. The van der Waals surface area contributed by atoms with E-state index in [1.165, 1.54) is 10.9 Å². The molecule has 17 heavy (non-hydrogen) atoms. The largest absolute Gasteiger partial charge is 0.476 e. The smallest absolute Gasteiger partial charge is 0.356 e. The Kier molecular flexibility index (Phi) is 3.34. The van der Waals surface area contributed by atoms with Gasteiger partial charge in [0.25, 0.3) is 0 Å². The van der Waals surface area contributed by atoms with E-state index in [2.05, 4.69) is 15.5 Å².